The zero-order valence-corrected chi connectivity index (χ0v) is 14.7. The van der Waals surface area contributed by atoms with E-state index in [4.69, 9.17) is 0 Å². The number of phenols is 1. The molecule has 0 amide bonds. The van der Waals surface area contributed by atoms with E-state index in [2.05, 4.69) is 16.8 Å². The van der Waals surface area contributed by atoms with Gasteiger partial charge in [0.25, 0.3) is 0 Å². The Labute approximate surface area is 145 Å². The summed E-state index contributed by atoms with van der Waals surface area (Å²) in [5, 5.41) is 13.7. The van der Waals surface area contributed by atoms with Gasteiger partial charge in [0.2, 0.25) is 0 Å². The van der Waals surface area contributed by atoms with E-state index in [0.717, 1.165) is 57.4 Å². The Hall–Kier alpha value is -1.10. The van der Waals surface area contributed by atoms with Crippen LogP contribution in [0, 0.1) is 12.7 Å². The number of nitrogens with one attached hydrogen (secondary N) is 1. The number of phenolic OH excluding ortho intramolecular Hbond substituents is 1. The van der Waals surface area contributed by atoms with Crippen molar-refractivity contribution < 1.29 is 9.50 Å². The van der Waals surface area contributed by atoms with Crippen molar-refractivity contribution in [2.45, 2.75) is 38.6 Å². The van der Waals surface area contributed by atoms with Gasteiger partial charge in [-0.1, -0.05) is 12.5 Å². The van der Waals surface area contributed by atoms with Gasteiger partial charge in [-0.05, 0) is 43.9 Å². The maximum Gasteiger partial charge on any atom is 0.124 e. The first-order valence-electron chi connectivity index (χ1n) is 8.18. The molecule has 0 aliphatic carbocycles. The van der Waals surface area contributed by atoms with E-state index >= 15 is 0 Å². The molecule has 0 radical (unpaired) electrons. The molecule has 1 aliphatic heterocycles. The molecule has 0 spiro atoms. The third kappa shape index (κ3) is 5.48. The number of nitrogens with zero attached hydrogens (tertiary/aromatic N) is 1. The summed E-state index contributed by atoms with van der Waals surface area (Å²) >= 11 is 0. The molecule has 5 heteroatoms. The molecule has 1 saturated heterocycles. The second-order valence-electron chi connectivity index (χ2n) is 6.04. The van der Waals surface area contributed by atoms with Crippen LogP contribution in [0.1, 0.15) is 42.9 Å². The Morgan fingerprint density at radius 1 is 1.35 bits per heavy atom. The number of benzene rings is 1. The van der Waals surface area contributed by atoms with Crippen molar-refractivity contribution in [3.05, 3.63) is 41.7 Å². The minimum Gasteiger partial charge on any atom is -0.507 e. The summed E-state index contributed by atoms with van der Waals surface area (Å²) in [7, 11) is 0. The van der Waals surface area contributed by atoms with E-state index in [0.29, 0.717) is 5.56 Å². The topological polar surface area (TPSA) is 35.5 Å². The first kappa shape index (κ1) is 19.9. The van der Waals surface area contributed by atoms with Gasteiger partial charge in [-0.2, -0.15) is 0 Å². The average molecular weight is 343 g/mol. The number of aromatic hydroxyl groups is 1. The van der Waals surface area contributed by atoms with Gasteiger partial charge in [0.1, 0.15) is 11.6 Å². The first-order chi connectivity index (χ1) is 10.6. The molecule has 2 N–H and O–H groups in total. The van der Waals surface area contributed by atoms with E-state index in [1.54, 1.807) is 6.92 Å². The molecule has 0 bridgehead atoms. The van der Waals surface area contributed by atoms with Crippen molar-refractivity contribution in [1.82, 2.24) is 10.2 Å². The first-order valence-corrected chi connectivity index (χ1v) is 8.18. The van der Waals surface area contributed by atoms with Crippen LogP contribution in [-0.2, 0) is 0 Å². The van der Waals surface area contributed by atoms with Crippen LogP contribution >= 0.6 is 12.4 Å². The highest BCUT2D eigenvalue weighted by Crippen LogP contribution is 2.35. The lowest BCUT2D eigenvalue weighted by Gasteiger charge is -2.36. The highest BCUT2D eigenvalue weighted by molar-refractivity contribution is 5.85. The predicted octanol–water partition coefficient (Wildman–Crippen LogP) is 3.95. The van der Waals surface area contributed by atoms with Gasteiger partial charge in [-0.25, -0.2) is 4.39 Å². The lowest BCUT2D eigenvalue weighted by atomic mass is 9.95. The van der Waals surface area contributed by atoms with Crippen LogP contribution in [-0.4, -0.2) is 36.2 Å². The third-order valence-electron chi connectivity index (χ3n) is 4.38. The number of hydrogen-bond acceptors (Lipinski definition) is 3. The molecule has 2 rings (SSSR count). The molecule has 130 valence electrons. The number of rotatable bonds is 7. The summed E-state index contributed by atoms with van der Waals surface area (Å²) < 4.78 is 13.8. The van der Waals surface area contributed by atoms with Gasteiger partial charge in [0.05, 0.1) is 0 Å². The summed E-state index contributed by atoms with van der Waals surface area (Å²) in [5.74, 6) is -0.0230. The smallest absolute Gasteiger partial charge is 0.124 e. The van der Waals surface area contributed by atoms with Crippen LogP contribution in [0.2, 0.25) is 0 Å². The van der Waals surface area contributed by atoms with Crippen molar-refractivity contribution in [3.8, 4) is 5.75 Å². The van der Waals surface area contributed by atoms with Gasteiger partial charge in [0.15, 0.2) is 0 Å². The molecular weight excluding hydrogens is 315 g/mol. The van der Waals surface area contributed by atoms with Gasteiger partial charge in [0, 0.05) is 37.8 Å². The molecule has 1 fully saturated rings. The Bertz CT molecular complexity index is 504. The van der Waals surface area contributed by atoms with E-state index in [1.165, 1.54) is 12.1 Å². The minimum atomic E-state index is -0.267. The van der Waals surface area contributed by atoms with E-state index in [9.17, 15) is 9.50 Å². The second kappa shape index (κ2) is 9.91. The molecule has 1 heterocycles. The lowest BCUT2D eigenvalue weighted by molar-refractivity contribution is 0.160. The second-order valence-corrected chi connectivity index (χ2v) is 6.04. The fourth-order valence-corrected chi connectivity index (χ4v) is 3.17. The molecule has 1 aromatic carbocycles. The Kier molecular flexibility index (Phi) is 8.59. The monoisotopic (exact) mass is 342 g/mol. The van der Waals surface area contributed by atoms with Crippen LogP contribution in [0.3, 0.4) is 0 Å². The van der Waals surface area contributed by atoms with Crippen LogP contribution < -0.4 is 5.32 Å². The minimum absolute atomic E-state index is 0. The standard InChI is InChI=1S/C18H27FN2O.ClH/c1-3-4-5-6-7-17(21-10-8-20-9-11-21)16-13-15(19)12-14(2)18(16)22;/h3,12-13,17,20,22H,1,4-11H2,2H3;1H/t17-;/m1./s1. The summed E-state index contributed by atoms with van der Waals surface area (Å²) in [4.78, 5) is 2.36. The van der Waals surface area contributed by atoms with Gasteiger partial charge < -0.3 is 10.4 Å². The maximum absolute atomic E-state index is 13.8. The predicted molar refractivity (Wildman–Crippen MR) is 95.9 cm³/mol. The van der Waals surface area contributed by atoms with E-state index in [1.807, 2.05) is 6.08 Å². The number of piperazine rings is 1. The van der Waals surface area contributed by atoms with Crippen LogP contribution in [0.25, 0.3) is 0 Å². The summed E-state index contributed by atoms with van der Waals surface area (Å²) in [6.45, 7) is 9.26. The molecule has 0 saturated carbocycles. The third-order valence-corrected chi connectivity index (χ3v) is 4.38. The molecular formula is C18H28ClFN2O. The summed E-state index contributed by atoms with van der Waals surface area (Å²) in [5.41, 5.74) is 1.35. The Balaban J connectivity index is 0.00000264. The number of halogens is 2. The highest BCUT2D eigenvalue weighted by atomic mass is 35.5. The van der Waals surface area contributed by atoms with Crippen molar-refractivity contribution in [3.63, 3.8) is 0 Å². The SMILES string of the molecule is C=CCCCC[C@H](c1cc(F)cc(C)c1O)N1CCNCC1.Cl. The normalized spacial score (nSPS) is 16.6. The molecule has 0 aromatic heterocycles. The Morgan fingerprint density at radius 2 is 2.04 bits per heavy atom. The fourth-order valence-electron chi connectivity index (χ4n) is 3.17. The number of aryl methyl sites for hydroxylation is 1. The van der Waals surface area contributed by atoms with Gasteiger partial charge >= 0.3 is 0 Å². The largest absolute Gasteiger partial charge is 0.507 e. The van der Waals surface area contributed by atoms with Gasteiger partial charge in [-0.15, -0.1) is 19.0 Å². The quantitative estimate of drug-likeness (QED) is 0.581. The fraction of sp³-hybridized carbons (Fsp3) is 0.556. The van der Waals surface area contributed by atoms with Gasteiger partial charge in [-0.3, -0.25) is 4.90 Å². The molecule has 1 aliphatic rings. The number of unbranched alkanes of at least 4 members (excludes halogenated alkanes) is 2. The van der Waals surface area contributed by atoms with Crippen LogP contribution in [0.4, 0.5) is 4.39 Å². The molecule has 0 unspecified atom stereocenters. The zero-order valence-electron chi connectivity index (χ0n) is 13.9. The van der Waals surface area contributed by atoms with E-state index in [-0.39, 0.29) is 30.0 Å². The van der Waals surface area contributed by atoms with Crippen molar-refractivity contribution in [2.24, 2.45) is 0 Å². The molecule has 1 atom stereocenters. The summed E-state index contributed by atoms with van der Waals surface area (Å²) in [6, 6.07) is 2.98. The lowest BCUT2D eigenvalue weighted by Crippen LogP contribution is -2.45. The van der Waals surface area contributed by atoms with Crippen LogP contribution in [0.5, 0.6) is 5.75 Å². The summed E-state index contributed by atoms with van der Waals surface area (Å²) in [6.07, 6.45) is 6.01. The molecule has 23 heavy (non-hydrogen) atoms. The zero-order chi connectivity index (χ0) is 15.9. The van der Waals surface area contributed by atoms with Crippen molar-refractivity contribution in [2.75, 3.05) is 26.2 Å². The van der Waals surface area contributed by atoms with E-state index < -0.39 is 0 Å². The average Bonchev–Trinajstić information content (AvgIpc) is 2.52. The number of allylic oxidation sites excluding steroid dienone is 1. The Morgan fingerprint density at radius 3 is 2.70 bits per heavy atom. The van der Waals surface area contributed by atoms with Crippen molar-refractivity contribution >= 4 is 12.4 Å². The van der Waals surface area contributed by atoms with Crippen molar-refractivity contribution in [1.29, 1.82) is 0 Å². The van der Waals surface area contributed by atoms with Crippen LogP contribution in [0.15, 0.2) is 24.8 Å². The maximum atomic E-state index is 13.8. The highest BCUT2D eigenvalue weighted by Gasteiger charge is 2.25. The number of hydrogen-bond donors (Lipinski definition) is 2. The molecule has 1 aromatic rings. The molecule has 3 nitrogen and oxygen atoms in total.